The van der Waals surface area contributed by atoms with Crippen molar-refractivity contribution in [3.8, 4) is 0 Å². The van der Waals surface area contributed by atoms with Gasteiger partial charge in [0.1, 0.15) is 0 Å². The first-order valence-electron chi connectivity index (χ1n) is 3.61. The smallest absolute Gasteiger partial charge is 0.162 e. The maximum Gasteiger partial charge on any atom is 0.162 e. The van der Waals surface area contributed by atoms with Crippen LogP contribution in [-0.2, 0) is 9.47 Å². The van der Waals surface area contributed by atoms with Crippen LogP contribution in [0.1, 0.15) is 13.8 Å². The van der Waals surface area contributed by atoms with Gasteiger partial charge in [0.05, 0.1) is 23.2 Å². The molecule has 11 heavy (non-hydrogen) atoms. The summed E-state index contributed by atoms with van der Waals surface area (Å²) in [5, 5.41) is 9.38. The summed E-state index contributed by atoms with van der Waals surface area (Å²) < 4.78 is 10.8. The molecule has 0 unspecified atom stereocenters. The van der Waals surface area contributed by atoms with Crippen LogP contribution in [0.25, 0.3) is 0 Å². The molecule has 0 spiro atoms. The Morgan fingerprint density at radius 1 is 1.36 bits per heavy atom. The van der Waals surface area contributed by atoms with Crippen molar-refractivity contribution in [2.45, 2.75) is 29.7 Å². The lowest BCUT2D eigenvalue weighted by Gasteiger charge is -2.22. The third kappa shape index (κ3) is 2.85. The number of alkyl halides is 1. The summed E-state index contributed by atoms with van der Waals surface area (Å²) in [4.78, 5) is 0. The quantitative estimate of drug-likeness (QED) is 0.526. The second-order valence-corrected chi connectivity index (χ2v) is 4.71. The molecule has 1 aliphatic heterocycles. The largest absolute Gasteiger partial charge is 0.390 e. The minimum Gasteiger partial charge on any atom is -0.390 e. The Morgan fingerprint density at radius 2 is 1.91 bits per heavy atom. The molecule has 0 bridgehead atoms. The zero-order valence-corrected chi connectivity index (χ0v) is 8.87. The van der Waals surface area contributed by atoms with E-state index in [0.29, 0.717) is 13.2 Å². The van der Waals surface area contributed by atoms with Crippen LogP contribution in [0.3, 0.4) is 0 Å². The predicted octanol–water partition coefficient (Wildman–Crippen LogP) is 0.934. The fraction of sp³-hybridized carbons (Fsp3) is 1.00. The molecule has 0 saturated carbocycles. The molecule has 1 heterocycles. The van der Waals surface area contributed by atoms with Gasteiger partial charge in [-0.25, -0.2) is 0 Å². The van der Waals surface area contributed by atoms with E-state index in [-0.39, 0.29) is 3.92 Å². The molecule has 0 aromatic heterocycles. The Morgan fingerprint density at radius 3 is 2.55 bits per heavy atom. The highest BCUT2D eigenvalue weighted by atomic mass is 127. The standard InChI is InChI=1S/C7H13IO3/c1-7(2)10-3-5(8)6(9)4-11-7/h5-6,9H,3-4H2,1-2H3/t5-,6-/m1/s1. The van der Waals surface area contributed by atoms with Crippen molar-refractivity contribution in [2.24, 2.45) is 0 Å². The van der Waals surface area contributed by atoms with E-state index in [2.05, 4.69) is 22.6 Å². The molecule has 1 N–H and O–H groups in total. The van der Waals surface area contributed by atoms with Gasteiger partial charge in [-0.2, -0.15) is 0 Å². The van der Waals surface area contributed by atoms with Gasteiger partial charge in [0, 0.05) is 0 Å². The summed E-state index contributed by atoms with van der Waals surface area (Å²) in [6.45, 7) is 4.62. The Labute approximate surface area is 80.2 Å². The maximum absolute atomic E-state index is 9.38. The molecule has 1 aliphatic rings. The highest BCUT2D eigenvalue weighted by molar-refractivity contribution is 14.1. The van der Waals surface area contributed by atoms with Gasteiger partial charge < -0.3 is 14.6 Å². The zero-order chi connectivity index (χ0) is 8.48. The highest BCUT2D eigenvalue weighted by Crippen LogP contribution is 2.20. The lowest BCUT2D eigenvalue weighted by molar-refractivity contribution is -0.203. The Hall–Kier alpha value is 0.610. The topological polar surface area (TPSA) is 38.7 Å². The molecule has 0 aliphatic carbocycles. The molecule has 3 nitrogen and oxygen atoms in total. The van der Waals surface area contributed by atoms with E-state index in [1.165, 1.54) is 0 Å². The lowest BCUT2D eigenvalue weighted by Crippen LogP contribution is -2.27. The van der Waals surface area contributed by atoms with Gasteiger partial charge in [-0.1, -0.05) is 22.6 Å². The van der Waals surface area contributed by atoms with Crippen LogP contribution in [-0.4, -0.2) is 34.1 Å². The molecule has 1 rings (SSSR count). The number of hydrogen-bond acceptors (Lipinski definition) is 3. The minimum atomic E-state index is -0.541. The fourth-order valence-corrected chi connectivity index (χ4v) is 1.21. The molecular formula is C7H13IO3. The first-order chi connectivity index (χ1) is 5.01. The second kappa shape index (κ2) is 3.55. The number of aliphatic hydroxyl groups is 1. The normalized spacial score (nSPS) is 38.2. The van der Waals surface area contributed by atoms with Crippen molar-refractivity contribution < 1.29 is 14.6 Å². The molecule has 66 valence electrons. The van der Waals surface area contributed by atoms with Crippen LogP contribution >= 0.6 is 22.6 Å². The molecule has 0 aromatic rings. The number of hydrogen-bond donors (Lipinski definition) is 1. The Bertz CT molecular complexity index is 124. The molecule has 0 aromatic carbocycles. The number of halogens is 1. The van der Waals surface area contributed by atoms with Gasteiger partial charge in [-0.3, -0.25) is 0 Å². The van der Waals surface area contributed by atoms with Gasteiger partial charge in [0.2, 0.25) is 0 Å². The van der Waals surface area contributed by atoms with Gasteiger partial charge >= 0.3 is 0 Å². The van der Waals surface area contributed by atoms with Crippen molar-refractivity contribution >= 4 is 22.6 Å². The van der Waals surface area contributed by atoms with E-state index >= 15 is 0 Å². The summed E-state index contributed by atoms with van der Waals surface area (Å²) in [6, 6.07) is 0. The average Bonchev–Trinajstić information content (AvgIpc) is 2.03. The Balaban J connectivity index is 2.51. The molecular weight excluding hydrogens is 259 g/mol. The third-order valence-corrected chi connectivity index (χ3v) is 2.80. The average molecular weight is 272 g/mol. The van der Waals surface area contributed by atoms with E-state index in [1.54, 1.807) is 0 Å². The van der Waals surface area contributed by atoms with E-state index in [1.807, 2.05) is 13.8 Å². The van der Waals surface area contributed by atoms with Crippen LogP contribution in [0.2, 0.25) is 0 Å². The minimum absolute atomic E-state index is 0.134. The summed E-state index contributed by atoms with van der Waals surface area (Å²) in [6.07, 6.45) is -0.405. The van der Waals surface area contributed by atoms with Crippen molar-refractivity contribution in [3.05, 3.63) is 0 Å². The molecule has 2 atom stereocenters. The molecule has 0 amide bonds. The van der Waals surface area contributed by atoms with Crippen LogP contribution in [0.4, 0.5) is 0 Å². The maximum atomic E-state index is 9.38. The van der Waals surface area contributed by atoms with E-state index in [0.717, 1.165) is 0 Å². The van der Waals surface area contributed by atoms with Gasteiger partial charge in [0.25, 0.3) is 0 Å². The first kappa shape index (κ1) is 9.70. The summed E-state index contributed by atoms with van der Waals surface area (Å²) in [5.74, 6) is -0.541. The van der Waals surface area contributed by atoms with Crippen LogP contribution in [0, 0.1) is 0 Å². The van der Waals surface area contributed by atoms with E-state index < -0.39 is 11.9 Å². The number of ether oxygens (including phenoxy) is 2. The lowest BCUT2D eigenvalue weighted by atomic mass is 10.3. The highest BCUT2D eigenvalue weighted by Gasteiger charge is 2.29. The SMILES string of the molecule is CC1(C)OC[C@@H](O)[C@H](I)CO1. The van der Waals surface area contributed by atoms with Crippen LogP contribution in [0.15, 0.2) is 0 Å². The zero-order valence-electron chi connectivity index (χ0n) is 6.71. The van der Waals surface area contributed by atoms with Gasteiger partial charge in [-0.15, -0.1) is 0 Å². The van der Waals surface area contributed by atoms with Crippen molar-refractivity contribution in [1.29, 1.82) is 0 Å². The van der Waals surface area contributed by atoms with E-state index in [4.69, 9.17) is 9.47 Å². The molecule has 1 fully saturated rings. The monoisotopic (exact) mass is 272 g/mol. The van der Waals surface area contributed by atoms with Crippen molar-refractivity contribution in [1.82, 2.24) is 0 Å². The first-order valence-corrected chi connectivity index (χ1v) is 4.86. The third-order valence-electron chi connectivity index (χ3n) is 1.61. The van der Waals surface area contributed by atoms with Gasteiger partial charge in [-0.05, 0) is 13.8 Å². The molecule has 4 heteroatoms. The fourth-order valence-electron chi connectivity index (χ4n) is 0.824. The Kier molecular flexibility index (Phi) is 3.13. The molecule has 0 radical (unpaired) electrons. The summed E-state index contributed by atoms with van der Waals surface area (Å²) in [5.41, 5.74) is 0. The van der Waals surface area contributed by atoms with Crippen LogP contribution in [0.5, 0.6) is 0 Å². The van der Waals surface area contributed by atoms with Crippen molar-refractivity contribution in [3.63, 3.8) is 0 Å². The molecule has 1 saturated heterocycles. The summed E-state index contributed by atoms with van der Waals surface area (Å²) in [7, 11) is 0. The van der Waals surface area contributed by atoms with Crippen LogP contribution < -0.4 is 0 Å². The number of aliphatic hydroxyl groups excluding tert-OH is 1. The summed E-state index contributed by atoms with van der Waals surface area (Å²) >= 11 is 2.17. The second-order valence-electron chi connectivity index (χ2n) is 3.11. The van der Waals surface area contributed by atoms with Crippen molar-refractivity contribution in [2.75, 3.05) is 13.2 Å². The van der Waals surface area contributed by atoms with Gasteiger partial charge in [0.15, 0.2) is 5.79 Å². The number of rotatable bonds is 0. The van der Waals surface area contributed by atoms with E-state index in [9.17, 15) is 5.11 Å². The predicted molar refractivity (Wildman–Crippen MR) is 49.8 cm³/mol.